The highest BCUT2D eigenvalue weighted by Crippen LogP contribution is 2.29. The topological polar surface area (TPSA) is 124 Å². The van der Waals surface area contributed by atoms with Crippen LogP contribution in [0.15, 0.2) is 24.9 Å². The van der Waals surface area contributed by atoms with Gasteiger partial charge in [0.1, 0.15) is 23.7 Å². The highest BCUT2D eigenvalue weighted by molar-refractivity contribution is 6.11. The molecule has 3 aromatic rings. The number of amides is 1. The molecule has 1 amide bonds. The Labute approximate surface area is 172 Å². The lowest BCUT2D eigenvalue weighted by Gasteiger charge is -2.32. The van der Waals surface area contributed by atoms with Crippen molar-refractivity contribution in [2.24, 2.45) is 0 Å². The first-order valence-corrected chi connectivity index (χ1v) is 9.66. The number of anilines is 2. The maximum Gasteiger partial charge on any atom is 0.263 e. The van der Waals surface area contributed by atoms with E-state index in [4.69, 9.17) is 10.5 Å². The zero-order valence-electron chi connectivity index (χ0n) is 16.7. The van der Waals surface area contributed by atoms with Crippen molar-refractivity contribution in [1.29, 1.82) is 0 Å². The number of fused-ring (bicyclic) bond motifs is 1. The summed E-state index contributed by atoms with van der Waals surface area (Å²) < 4.78 is 20.6. The number of carbonyl (C=O) groups excluding carboxylic acids is 1. The van der Waals surface area contributed by atoms with Crippen LogP contribution in [0.4, 0.5) is 15.9 Å². The minimum atomic E-state index is -0.590. The minimum Gasteiger partial charge on any atom is -0.473 e. The number of aromatic nitrogens is 5. The van der Waals surface area contributed by atoms with E-state index in [9.17, 15) is 9.18 Å². The molecular formula is C19H23FN8O2. The molecule has 4 rings (SSSR count). The van der Waals surface area contributed by atoms with E-state index in [0.29, 0.717) is 17.6 Å². The lowest BCUT2D eigenvalue weighted by atomic mass is 9.92. The van der Waals surface area contributed by atoms with Crippen molar-refractivity contribution < 1.29 is 13.9 Å². The van der Waals surface area contributed by atoms with E-state index in [1.165, 1.54) is 12.5 Å². The van der Waals surface area contributed by atoms with E-state index >= 15 is 0 Å². The van der Waals surface area contributed by atoms with Crippen molar-refractivity contribution in [2.45, 2.75) is 37.8 Å². The van der Waals surface area contributed by atoms with Crippen LogP contribution in [0.1, 0.15) is 36.0 Å². The summed E-state index contributed by atoms with van der Waals surface area (Å²) in [6.07, 6.45) is 8.80. The molecule has 0 bridgehead atoms. The lowest BCUT2D eigenvalue weighted by Crippen LogP contribution is -2.35. The van der Waals surface area contributed by atoms with Crippen LogP contribution in [0.2, 0.25) is 0 Å². The van der Waals surface area contributed by atoms with Crippen molar-refractivity contribution in [2.75, 3.05) is 25.1 Å². The first-order chi connectivity index (χ1) is 14.4. The second-order valence-corrected chi connectivity index (χ2v) is 7.51. The summed E-state index contributed by atoms with van der Waals surface area (Å²) in [6, 6.07) is 0.547. The Morgan fingerprint density at radius 2 is 2.03 bits per heavy atom. The average molecular weight is 414 g/mol. The fraction of sp³-hybridized carbons (Fsp3) is 0.421. The molecule has 1 saturated carbocycles. The highest BCUT2D eigenvalue weighted by atomic mass is 19.1. The Bertz CT molecular complexity index is 1060. The zero-order valence-corrected chi connectivity index (χ0v) is 16.7. The molecule has 0 spiro atoms. The van der Waals surface area contributed by atoms with E-state index in [1.807, 2.05) is 0 Å². The summed E-state index contributed by atoms with van der Waals surface area (Å²) in [5.74, 6) is -0.918. The van der Waals surface area contributed by atoms with Crippen LogP contribution in [0.25, 0.3) is 5.65 Å². The summed E-state index contributed by atoms with van der Waals surface area (Å²) in [5, 5.41) is 6.65. The Morgan fingerprint density at radius 1 is 1.27 bits per heavy atom. The normalized spacial score (nSPS) is 19.2. The van der Waals surface area contributed by atoms with Crippen LogP contribution in [0, 0.1) is 5.82 Å². The summed E-state index contributed by atoms with van der Waals surface area (Å²) in [7, 11) is 4.17. The molecule has 30 heavy (non-hydrogen) atoms. The second kappa shape index (κ2) is 8.19. The van der Waals surface area contributed by atoms with Crippen molar-refractivity contribution in [3.05, 3.63) is 36.3 Å². The van der Waals surface area contributed by atoms with Gasteiger partial charge < -0.3 is 20.7 Å². The largest absolute Gasteiger partial charge is 0.473 e. The fourth-order valence-corrected chi connectivity index (χ4v) is 3.67. The van der Waals surface area contributed by atoms with Gasteiger partial charge in [-0.2, -0.15) is 4.98 Å². The monoisotopic (exact) mass is 414 g/mol. The summed E-state index contributed by atoms with van der Waals surface area (Å²) in [6.45, 7) is 0. The second-order valence-electron chi connectivity index (χ2n) is 7.51. The Morgan fingerprint density at radius 3 is 2.77 bits per heavy atom. The van der Waals surface area contributed by atoms with Gasteiger partial charge in [0.2, 0.25) is 5.88 Å². The van der Waals surface area contributed by atoms with E-state index in [1.54, 1.807) is 0 Å². The number of halogens is 1. The van der Waals surface area contributed by atoms with Crippen molar-refractivity contribution in [3.8, 4) is 5.88 Å². The van der Waals surface area contributed by atoms with E-state index in [0.717, 1.165) is 42.6 Å². The Balaban J connectivity index is 1.51. The number of nitrogens with one attached hydrogen (secondary N) is 1. The highest BCUT2D eigenvalue weighted by Gasteiger charge is 2.26. The predicted octanol–water partition coefficient (Wildman–Crippen LogP) is 1.74. The predicted molar refractivity (Wildman–Crippen MR) is 108 cm³/mol. The maximum atomic E-state index is 13.4. The van der Waals surface area contributed by atoms with Gasteiger partial charge in [-0.05, 0) is 39.8 Å². The van der Waals surface area contributed by atoms with Crippen LogP contribution in [-0.2, 0) is 0 Å². The standard InChI is InChI=1S/C19H23FN8O2/c1-27(2)12-3-5-13(6-4-12)30-19-14(8-22-10-24-19)25-18(29)15-16(21)26-28-9-11(20)7-23-17(15)28/h7-10,12-13H,3-6H2,1-2H3,(H2,21,26)(H,25,29). The van der Waals surface area contributed by atoms with Crippen molar-refractivity contribution in [1.82, 2.24) is 29.5 Å². The molecule has 1 aliphatic rings. The number of nitrogen functional groups attached to an aromatic ring is 1. The summed E-state index contributed by atoms with van der Waals surface area (Å²) in [4.78, 5) is 27.2. The molecule has 0 unspecified atom stereocenters. The third-order valence-corrected chi connectivity index (χ3v) is 5.27. The molecule has 0 saturated heterocycles. The quantitative estimate of drug-likeness (QED) is 0.647. The summed E-state index contributed by atoms with van der Waals surface area (Å²) in [5.41, 5.74) is 6.36. The Hall–Kier alpha value is -3.34. The molecule has 11 heteroatoms. The van der Waals surface area contributed by atoms with Gasteiger partial charge in [-0.3, -0.25) is 4.79 Å². The van der Waals surface area contributed by atoms with Gasteiger partial charge in [0.15, 0.2) is 17.3 Å². The van der Waals surface area contributed by atoms with Gasteiger partial charge in [-0.15, -0.1) is 5.10 Å². The lowest BCUT2D eigenvalue weighted by molar-refractivity contribution is 0.101. The number of nitrogens with two attached hydrogens (primary N) is 1. The first-order valence-electron chi connectivity index (χ1n) is 9.66. The van der Waals surface area contributed by atoms with Gasteiger partial charge in [0, 0.05) is 6.04 Å². The van der Waals surface area contributed by atoms with Crippen LogP contribution in [0.5, 0.6) is 5.88 Å². The van der Waals surface area contributed by atoms with Crippen LogP contribution in [-0.4, -0.2) is 61.6 Å². The van der Waals surface area contributed by atoms with Gasteiger partial charge in [0.05, 0.1) is 18.6 Å². The maximum absolute atomic E-state index is 13.4. The fourth-order valence-electron chi connectivity index (χ4n) is 3.67. The number of ether oxygens (including phenoxy) is 1. The Kier molecular flexibility index (Phi) is 5.44. The third-order valence-electron chi connectivity index (χ3n) is 5.27. The SMILES string of the molecule is CN(C)C1CCC(Oc2ncncc2NC(=O)c2c(N)nn3cc(F)cnc23)CC1. The number of hydrogen-bond acceptors (Lipinski definition) is 8. The molecular weight excluding hydrogens is 391 g/mol. The molecule has 3 N–H and O–H groups in total. The number of carbonyl (C=O) groups is 1. The molecule has 0 radical (unpaired) electrons. The molecule has 3 heterocycles. The molecule has 0 atom stereocenters. The molecule has 1 fully saturated rings. The zero-order chi connectivity index (χ0) is 21.3. The molecule has 10 nitrogen and oxygen atoms in total. The minimum absolute atomic E-state index is 0.0124. The van der Waals surface area contributed by atoms with Crippen LogP contribution < -0.4 is 15.8 Å². The molecule has 3 aromatic heterocycles. The van der Waals surface area contributed by atoms with Gasteiger partial charge in [-0.1, -0.05) is 0 Å². The molecule has 0 aromatic carbocycles. The van der Waals surface area contributed by atoms with E-state index in [2.05, 4.69) is 44.4 Å². The van der Waals surface area contributed by atoms with Gasteiger partial charge >= 0.3 is 0 Å². The van der Waals surface area contributed by atoms with Crippen LogP contribution in [0.3, 0.4) is 0 Å². The summed E-state index contributed by atoms with van der Waals surface area (Å²) >= 11 is 0. The molecule has 158 valence electrons. The van der Waals surface area contributed by atoms with Gasteiger partial charge in [0.25, 0.3) is 5.91 Å². The first kappa shape index (κ1) is 20.0. The van der Waals surface area contributed by atoms with Gasteiger partial charge in [-0.25, -0.2) is 18.9 Å². The van der Waals surface area contributed by atoms with E-state index < -0.39 is 11.7 Å². The molecule has 1 aliphatic carbocycles. The number of nitrogens with zero attached hydrogens (tertiary/aromatic N) is 6. The number of rotatable bonds is 5. The van der Waals surface area contributed by atoms with Crippen molar-refractivity contribution in [3.63, 3.8) is 0 Å². The van der Waals surface area contributed by atoms with Crippen molar-refractivity contribution >= 4 is 23.1 Å². The smallest absolute Gasteiger partial charge is 0.263 e. The van der Waals surface area contributed by atoms with E-state index in [-0.39, 0.29) is 23.1 Å². The third kappa shape index (κ3) is 4.01. The number of hydrogen-bond donors (Lipinski definition) is 2. The molecule has 0 aliphatic heterocycles. The average Bonchev–Trinajstić information content (AvgIpc) is 3.04. The van der Waals surface area contributed by atoms with Crippen LogP contribution >= 0.6 is 0 Å².